The Morgan fingerprint density at radius 2 is 1.88 bits per heavy atom. The number of rotatable bonds is 6. The zero-order valence-electron chi connectivity index (χ0n) is 19.8. The molecule has 2 aromatic heterocycles. The van der Waals surface area contributed by atoms with E-state index in [0.717, 1.165) is 0 Å². The second-order valence-corrected chi connectivity index (χ2v) is 14.6. The van der Waals surface area contributed by atoms with Crippen LogP contribution in [0.15, 0.2) is 43.0 Å². The molecule has 0 aliphatic carbocycles. The molecule has 0 saturated carbocycles. The number of carbonyl (C=O) groups excluding carboxylic acids is 1. The lowest BCUT2D eigenvalue weighted by atomic mass is 10.2. The third kappa shape index (κ3) is 4.59. The van der Waals surface area contributed by atoms with Crippen molar-refractivity contribution in [2.24, 2.45) is 0 Å². The quantitative estimate of drug-likeness (QED) is 0.506. The number of benzene rings is 1. The number of aliphatic carboxylic acids is 1. The van der Waals surface area contributed by atoms with Gasteiger partial charge in [-0.2, -0.15) is 0 Å². The number of aromatic nitrogens is 4. The normalized spacial score (nSPS) is 21.0. The Labute approximate surface area is 198 Å². The van der Waals surface area contributed by atoms with Gasteiger partial charge >= 0.3 is 5.97 Å². The van der Waals surface area contributed by atoms with Gasteiger partial charge in [0.05, 0.1) is 12.4 Å². The van der Waals surface area contributed by atoms with Gasteiger partial charge in [-0.05, 0) is 30.3 Å². The van der Waals surface area contributed by atoms with Gasteiger partial charge in [0.2, 0.25) is 0 Å². The van der Waals surface area contributed by atoms with E-state index < -0.39 is 32.7 Å². The lowest BCUT2D eigenvalue weighted by Crippen LogP contribution is -2.47. The Morgan fingerprint density at radius 1 is 1.18 bits per heavy atom. The van der Waals surface area contributed by atoms with E-state index in [9.17, 15) is 14.7 Å². The van der Waals surface area contributed by atoms with Crippen molar-refractivity contribution < 1.29 is 23.9 Å². The van der Waals surface area contributed by atoms with Crippen LogP contribution >= 0.6 is 0 Å². The van der Waals surface area contributed by atoms with Crippen molar-refractivity contribution in [3.05, 3.63) is 48.5 Å². The van der Waals surface area contributed by atoms with Gasteiger partial charge in [-0.25, -0.2) is 19.7 Å². The third-order valence-electron chi connectivity index (χ3n) is 6.51. The van der Waals surface area contributed by atoms with Gasteiger partial charge in [0.25, 0.3) is 5.91 Å². The lowest BCUT2D eigenvalue weighted by molar-refractivity contribution is -0.154. The molecular formula is C23H29N5O5Si. The summed E-state index contributed by atoms with van der Waals surface area (Å²) >= 11 is 0. The summed E-state index contributed by atoms with van der Waals surface area (Å²) in [6.45, 7) is 10.5. The molecule has 180 valence electrons. The van der Waals surface area contributed by atoms with Crippen LogP contribution in [0.3, 0.4) is 0 Å². The van der Waals surface area contributed by atoms with Gasteiger partial charge in [0.1, 0.15) is 12.6 Å². The summed E-state index contributed by atoms with van der Waals surface area (Å²) in [5, 5.41) is 12.5. The second-order valence-electron chi connectivity index (χ2n) is 9.87. The molecule has 1 unspecified atom stereocenters. The summed E-state index contributed by atoms with van der Waals surface area (Å²) in [5.41, 5.74) is 1.30. The number of carboxylic acids is 1. The molecule has 1 aliphatic rings. The standard InChI is InChI=1S/C23H29N5O5Si/c1-23(2,3)34(4,5)33-15-11-16(32-18(15)22(30)31)28-13-26-17-19(24-12-25-20(17)28)27-21(29)14-9-7-6-8-10-14/h6-10,12-13,15-16,18H,11H2,1-5H3,(H,30,31)(H,24,25,27,29)/t15?,16-,18+/m1/s1. The maximum Gasteiger partial charge on any atom is 0.335 e. The number of imidazole rings is 1. The van der Waals surface area contributed by atoms with E-state index in [1.165, 1.54) is 12.7 Å². The van der Waals surface area contributed by atoms with Crippen molar-refractivity contribution in [3.63, 3.8) is 0 Å². The highest BCUT2D eigenvalue weighted by atomic mass is 28.4. The van der Waals surface area contributed by atoms with Crippen LogP contribution in [0.25, 0.3) is 11.2 Å². The molecule has 0 radical (unpaired) electrons. The van der Waals surface area contributed by atoms with Crippen LogP contribution in [-0.2, 0) is 14.0 Å². The number of anilines is 1. The van der Waals surface area contributed by atoms with Gasteiger partial charge < -0.3 is 19.6 Å². The zero-order chi connectivity index (χ0) is 24.7. The highest BCUT2D eigenvalue weighted by molar-refractivity contribution is 6.74. The summed E-state index contributed by atoms with van der Waals surface area (Å²) in [6, 6.07) is 8.78. The molecular weight excluding hydrogens is 454 g/mol. The van der Waals surface area contributed by atoms with Crippen molar-refractivity contribution in [1.82, 2.24) is 19.5 Å². The Hall–Kier alpha value is -3.15. The first-order valence-electron chi connectivity index (χ1n) is 11.1. The van der Waals surface area contributed by atoms with E-state index in [1.807, 2.05) is 6.07 Å². The fourth-order valence-electron chi connectivity index (χ4n) is 3.62. The molecule has 1 aromatic carbocycles. The minimum absolute atomic E-state index is 0.0745. The number of amides is 1. The van der Waals surface area contributed by atoms with Crippen LogP contribution in [0.1, 0.15) is 43.8 Å². The SMILES string of the molecule is CC(C)(C)[Si](C)(C)OC1C[C@H](n2cnc3c(NC(=O)c4ccccc4)ncnc32)O[C@@H]1C(=O)O. The number of nitrogens with zero attached hydrogens (tertiary/aromatic N) is 4. The summed E-state index contributed by atoms with van der Waals surface area (Å²) in [4.78, 5) is 37.4. The summed E-state index contributed by atoms with van der Waals surface area (Å²) < 4.78 is 14.0. The minimum Gasteiger partial charge on any atom is -0.479 e. The summed E-state index contributed by atoms with van der Waals surface area (Å²) in [7, 11) is -2.23. The van der Waals surface area contributed by atoms with E-state index in [1.54, 1.807) is 28.8 Å². The molecule has 1 saturated heterocycles. The molecule has 3 aromatic rings. The predicted molar refractivity (Wildman–Crippen MR) is 128 cm³/mol. The minimum atomic E-state index is -2.23. The van der Waals surface area contributed by atoms with E-state index in [-0.39, 0.29) is 16.8 Å². The van der Waals surface area contributed by atoms with E-state index >= 15 is 0 Å². The van der Waals surface area contributed by atoms with Crippen LogP contribution in [0, 0.1) is 0 Å². The number of hydrogen-bond acceptors (Lipinski definition) is 7. The number of nitrogens with one attached hydrogen (secondary N) is 1. The van der Waals surface area contributed by atoms with Crippen LogP contribution in [0.2, 0.25) is 18.1 Å². The molecule has 1 aliphatic heterocycles. The first-order chi connectivity index (χ1) is 16.0. The smallest absolute Gasteiger partial charge is 0.335 e. The van der Waals surface area contributed by atoms with Gasteiger partial charge in [-0.15, -0.1) is 0 Å². The highest BCUT2D eigenvalue weighted by Crippen LogP contribution is 2.41. The monoisotopic (exact) mass is 483 g/mol. The van der Waals surface area contributed by atoms with E-state index in [4.69, 9.17) is 9.16 Å². The van der Waals surface area contributed by atoms with Crippen molar-refractivity contribution in [2.75, 3.05) is 5.32 Å². The lowest BCUT2D eigenvalue weighted by Gasteiger charge is -2.38. The highest BCUT2D eigenvalue weighted by Gasteiger charge is 2.47. The maximum absolute atomic E-state index is 12.6. The van der Waals surface area contributed by atoms with Gasteiger partial charge in [0, 0.05) is 12.0 Å². The van der Waals surface area contributed by atoms with Gasteiger partial charge in [-0.1, -0.05) is 39.0 Å². The molecule has 3 atom stereocenters. The molecule has 34 heavy (non-hydrogen) atoms. The van der Waals surface area contributed by atoms with Crippen molar-refractivity contribution in [2.45, 2.75) is 63.8 Å². The maximum atomic E-state index is 12.6. The molecule has 1 amide bonds. The number of carboxylic acid groups (broad SMARTS) is 1. The average molecular weight is 484 g/mol. The fourth-order valence-corrected chi connectivity index (χ4v) is 4.95. The molecule has 2 N–H and O–H groups in total. The van der Waals surface area contributed by atoms with E-state index in [2.05, 4.69) is 54.1 Å². The van der Waals surface area contributed by atoms with Crippen LogP contribution < -0.4 is 5.32 Å². The first-order valence-corrected chi connectivity index (χ1v) is 14.0. The summed E-state index contributed by atoms with van der Waals surface area (Å²) in [6.07, 6.45) is 0.860. The Balaban J connectivity index is 1.60. The van der Waals surface area contributed by atoms with Crippen molar-refractivity contribution in [3.8, 4) is 0 Å². The summed E-state index contributed by atoms with van der Waals surface area (Å²) in [5.74, 6) is -1.12. The molecule has 11 heteroatoms. The zero-order valence-corrected chi connectivity index (χ0v) is 20.8. The van der Waals surface area contributed by atoms with Crippen LogP contribution in [0.4, 0.5) is 5.82 Å². The fraction of sp³-hybridized carbons (Fsp3) is 0.435. The second kappa shape index (κ2) is 8.89. The number of fused-ring (bicyclic) bond motifs is 1. The Bertz CT molecular complexity index is 1210. The van der Waals surface area contributed by atoms with Crippen molar-refractivity contribution in [1.29, 1.82) is 0 Å². The average Bonchev–Trinajstić information content (AvgIpc) is 3.38. The Morgan fingerprint density at radius 3 is 2.53 bits per heavy atom. The number of carbonyl (C=O) groups is 2. The predicted octanol–water partition coefficient (Wildman–Crippen LogP) is 3.84. The van der Waals surface area contributed by atoms with Crippen LogP contribution in [-0.4, -0.2) is 57.0 Å². The number of hydrogen-bond donors (Lipinski definition) is 2. The Kier molecular flexibility index (Phi) is 6.27. The molecule has 1 fully saturated rings. The first kappa shape index (κ1) is 24.0. The topological polar surface area (TPSA) is 128 Å². The number of ether oxygens (including phenoxy) is 1. The van der Waals surface area contributed by atoms with Gasteiger partial charge in [0.15, 0.2) is 31.4 Å². The van der Waals surface area contributed by atoms with Gasteiger partial charge in [-0.3, -0.25) is 9.36 Å². The van der Waals surface area contributed by atoms with E-state index in [0.29, 0.717) is 23.1 Å². The molecule has 0 bridgehead atoms. The van der Waals surface area contributed by atoms with Crippen molar-refractivity contribution >= 4 is 37.2 Å². The molecule has 4 rings (SSSR count). The molecule has 3 heterocycles. The third-order valence-corrected chi connectivity index (χ3v) is 11.0. The largest absolute Gasteiger partial charge is 0.479 e. The van der Waals surface area contributed by atoms with Crippen LogP contribution in [0.5, 0.6) is 0 Å². The molecule has 10 nitrogen and oxygen atoms in total. The molecule has 0 spiro atoms.